The number of benzene rings is 1. The van der Waals surface area contributed by atoms with E-state index < -0.39 is 0 Å². The summed E-state index contributed by atoms with van der Waals surface area (Å²) in [5, 5.41) is 19.4. The standard InChI is InChI=1S/C17H25N3O2/c1-4-14-12-20(9-8-19(14)5-2)15(11-18)13-6-7-16(21)17(10-13)22-3/h6-7,10,14-15,21H,4-5,8-9,12H2,1-3H3. The van der Waals surface area contributed by atoms with Crippen LogP contribution in [0.2, 0.25) is 0 Å². The zero-order valence-corrected chi connectivity index (χ0v) is 13.6. The van der Waals surface area contributed by atoms with Gasteiger partial charge < -0.3 is 9.84 Å². The normalized spacial score (nSPS) is 21.3. The lowest BCUT2D eigenvalue weighted by atomic mass is 10.0. The number of likely N-dealkylation sites (N-methyl/N-ethyl adjacent to an activating group) is 1. The molecule has 2 unspecified atom stereocenters. The van der Waals surface area contributed by atoms with Crippen molar-refractivity contribution in [2.24, 2.45) is 0 Å². The molecule has 0 aromatic heterocycles. The molecule has 0 aliphatic carbocycles. The van der Waals surface area contributed by atoms with Crippen LogP contribution in [-0.4, -0.2) is 54.2 Å². The molecule has 120 valence electrons. The van der Waals surface area contributed by atoms with E-state index in [1.807, 2.05) is 0 Å². The number of nitrogens with zero attached hydrogens (tertiary/aromatic N) is 3. The zero-order valence-electron chi connectivity index (χ0n) is 13.6. The van der Waals surface area contributed by atoms with Gasteiger partial charge in [0.05, 0.1) is 13.2 Å². The molecular weight excluding hydrogens is 278 g/mol. The Morgan fingerprint density at radius 3 is 2.77 bits per heavy atom. The van der Waals surface area contributed by atoms with E-state index in [0.29, 0.717) is 11.8 Å². The van der Waals surface area contributed by atoms with Gasteiger partial charge in [-0.05, 0) is 30.7 Å². The van der Waals surface area contributed by atoms with E-state index in [0.717, 1.165) is 38.2 Å². The van der Waals surface area contributed by atoms with Crippen LogP contribution in [0.3, 0.4) is 0 Å². The third-order valence-corrected chi connectivity index (χ3v) is 4.52. The molecule has 1 aromatic rings. The number of ether oxygens (including phenoxy) is 1. The predicted molar refractivity (Wildman–Crippen MR) is 85.9 cm³/mol. The molecule has 22 heavy (non-hydrogen) atoms. The maximum atomic E-state index is 9.72. The van der Waals surface area contributed by atoms with Crippen LogP contribution in [0.5, 0.6) is 11.5 Å². The van der Waals surface area contributed by atoms with Crippen molar-refractivity contribution in [3.05, 3.63) is 23.8 Å². The highest BCUT2D eigenvalue weighted by molar-refractivity contribution is 5.43. The second kappa shape index (κ2) is 7.48. The van der Waals surface area contributed by atoms with Crippen molar-refractivity contribution in [3.8, 4) is 17.6 Å². The summed E-state index contributed by atoms with van der Waals surface area (Å²) in [4.78, 5) is 4.70. The largest absolute Gasteiger partial charge is 0.504 e. The Hall–Kier alpha value is -1.77. The molecule has 0 spiro atoms. The Kier molecular flexibility index (Phi) is 5.64. The molecule has 0 bridgehead atoms. The van der Waals surface area contributed by atoms with Gasteiger partial charge in [0.2, 0.25) is 0 Å². The van der Waals surface area contributed by atoms with Gasteiger partial charge in [0.25, 0.3) is 0 Å². The van der Waals surface area contributed by atoms with Gasteiger partial charge in [-0.25, -0.2) is 0 Å². The van der Waals surface area contributed by atoms with Gasteiger partial charge in [0.1, 0.15) is 6.04 Å². The number of rotatable bonds is 5. The third-order valence-electron chi connectivity index (χ3n) is 4.52. The molecule has 1 aliphatic rings. The first kappa shape index (κ1) is 16.6. The van der Waals surface area contributed by atoms with Crippen molar-refractivity contribution < 1.29 is 9.84 Å². The second-order valence-electron chi connectivity index (χ2n) is 5.65. The van der Waals surface area contributed by atoms with E-state index in [-0.39, 0.29) is 11.8 Å². The number of aromatic hydroxyl groups is 1. The van der Waals surface area contributed by atoms with Crippen molar-refractivity contribution in [2.45, 2.75) is 32.4 Å². The minimum atomic E-state index is -0.303. The summed E-state index contributed by atoms with van der Waals surface area (Å²) in [6.45, 7) is 8.20. The van der Waals surface area contributed by atoms with Crippen LogP contribution < -0.4 is 4.74 Å². The number of phenolic OH excluding ortho intramolecular Hbond substituents is 1. The number of hydrogen-bond acceptors (Lipinski definition) is 5. The fourth-order valence-electron chi connectivity index (χ4n) is 3.19. The van der Waals surface area contributed by atoms with E-state index in [9.17, 15) is 10.4 Å². The molecule has 1 fully saturated rings. The van der Waals surface area contributed by atoms with Gasteiger partial charge in [-0.2, -0.15) is 5.26 Å². The lowest BCUT2D eigenvalue weighted by molar-refractivity contribution is 0.0623. The number of nitriles is 1. The van der Waals surface area contributed by atoms with Crippen LogP contribution in [0.1, 0.15) is 31.9 Å². The van der Waals surface area contributed by atoms with E-state index in [2.05, 4.69) is 29.7 Å². The minimum Gasteiger partial charge on any atom is -0.504 e. The maximum Gasteiger partial charge on any atom is 0.160 e. The topological polar surface area (TPSA) is 59.7 Å². The quantitative estimate of drug-likeness (QED) is 0.905. The van der Waals surface area contributed by atoms with Crippen LogP contribution in [0, 0.1) is 11.3 Å². The first-order valence-corrected chi connectivity index (χ1v) is 7.89. The van der Waals surface area contributed by atoms with E-state index in [1.54, 1.807) is 18.2 Å². The number of phenols is 1. The Morgan fingerprint density at radius 2 is 2.18 bits per heavy atom. The molecule has 1 heterocycles. The zero-order chi connectivity index (χ0) is 16.1. The maximum absolute atomic E-state index is 9.72. The molecule has 1 saturated heterocycles. The Balaban J connectivity index is 2.20. The number of methoxy groups -OCH3 is 1. The lowest BCUT2D eigenvalue weighted by Gasteiger charge is -2.42. The molecule has 0 saturated carbocycles. The van der Waals surface area contributed by atoms with Crippen molar-refractivity contribution in [1.82, 2.24) is 9.80 Å². The number of hydrogen-bond donors (Lipinski definition) is 1. The van der Waals surface area contributed by atoms with Gasteiger partial charge in [-0.15, -0.1) is 0 Å². The SMILES string of the molecule is CCC1CN(C(C#N)c2ccc(O)c(OC)c2)CCN1CC. The van der Waals surface area contributed by atoms with E-state index in [1.165, 1.54) is 7.11 Å². The van der Waals surface area contributed by atoms with Gasteiger partial charge in [0.15, 0.2) is 11.5 Å². The first-order valence-electron chi connectivity index (χ1n) is 7.89. The van der Waals surface area contributed by atoms with Crippen LogP contribution >= 0.6 is 0 Å². The fourth-order valence-corrected chi connectivity index (χ4v) is 3.19. The summed E-state index contributed by atoms with van der Waals surface area (Å²) in [5.41, 5.74) is 0.872. The molecule has 1 aromatic carbocycles. The van der Waals surface area contributed by atoms with Crippen LogP contribution in [0.15, 0.2) is 18.2 Å². The smallest absolute Gasteiger partial charge is 0.160 e. The molecular formula is C17H25N3O2. The monoisotopic (exact) mass is 303 g/mol. The highest BCUT2D eigenvalue weighted by Gasteiger charge is 2.30. The van der Waals surface area contributed by atoms with Crippen LogP contribution in [0.25, 0.3) is 0 Å². The average molecular weight is 303 g/mol. The fraction of sp³-hybridized carbons (Fsp3) is 0.588. The summed E-state index contributed by atoms with van der Waals surface area (Å²) < 4.78 is 5.16. The van der Waals surface area contributed by atoms with Crippen LogP contribution in [0.4, 0.5) is 0 Å². The third kappa shape index (κ3) is 3.34. The first-order chi connectivity index (χ1) is 10.6. The highest BCUT2D eigenvalue weighted by atomic mass is 16.5. The van der Waals surface area contributed by atoms with Gasteiger partial charge in [-0.1, -0.05) is 19.9 Å². The van der Waals surface area contributed by atoms with Gasteiger partial charge in [0, 0.05) is 25.7 Å². The van der Waals surface area contributed by atoms with Crippen molar-refractivity contribution in [3.63, 3.8) is 0 Å². The summed E-state index contributed by atoms with van der Waals surface area (Å²) in [6.07, 6.45) is 1.08. The lowest BCUT2D eigenvalue weighted by Crippen LogP contribution is -2.53. The molecule has 2 rings (SSSR count). The molecule has 1 aliphatic heterocycles. The molecule has 0 amide bonds. The highest BCUT2D eigenvalue weighted by Crippen LogP contribution is 2.32. The van der Waals surface area contributed by atoms with E-state index >= 15 is 0 Å². The Bertz CT molecular complexity index is 541. The molecule has 1 N–H and O–H groups in total. The summed E-state index contributed by atoms with van der Waals surface area (Å²) in [5.74, 6) is 0.516. The van der Waals surface area contributed by atoms with Crippen molar-refractivity contribution >= 4 is 0 Å². The Labute approximate surface area is 132 Å². The van der Waals surface area contributed by atoms with Crippen molar-refractivity contribution in [1.29, 1.82) is 5.26 Å². The molecule has 2 atom stereocenters. The minimum absolute atomic E-state index is 0.102. The molecule has 0 radical (unpaired) electrons. The van der Waals surface area contributed by atoms with Gasteiger partial charge in [-0.3, -0.25) is 9.80 Å². The number of piperazine rings is 1. The summed E-state index contributed by atoms with van der Waals surface area (Å²) in [7, 11) is 1.52. The van der Waals surface area contributed by atoms with Crippen molar-refractivity contribution in [2.75, 3.05) is 33.3 Å². The predicted octanol–water partition coefficient (Wildman–Crippen LogP) is 2.38. The summed E-state index contributed by atoms with van der Waals surface area (Å²) >= 11 is 0. The van der Waals surface area contributed by atoms with Crippen LogP contribution in [-0.2, 0) is 0 Å². The molecule has 5 nitrogen and oxygen atoms in total. The van der Waals surface area contributed by atoms with E-state index in [4.69, 9.17) is 4.74 Å². The second-order valence-corrected chi connectivity index (χ2v) is 5.65. The average Bonchev–Trinajstić information content (AvgIpc) is 2.56. The Morgan fingerprint density at radius 1 is 1.41 bits per heavy atom. The molecule has 5 heteroatoms. The summed E-state index contributed by atoms with van der Waals surface area (Å²) in [6, 6.07) is 7.76. The van der Waals surface area contributed by atoms with Gasteiger partial charge >= 0.3 is 0 Å².